The summed E-state index contributed by atoms with van der Waals surface area (Å²) in [5.74, 6) is 0.479. The second-order valence-corrected chi connectivity index (χ2v) is 5.14. The van der Waals surface area contributed by atoms with Gasteiger partial charge in [0.2, 0.25) is 0 Å². The predicted molar refractivity (Wildman–Crippen MR) is 66.5 cm³/mol. The highest BCUT2D eigenvalue weighted by molar-refractivity contribution is 6.60. The lowest BCUT2D eigenvalue weighted by Crippen LogP contribution is -2.33. The maximum Gasteiger partial charge on any atom is 0.492 e. The van der Waals surface area contributed by atoms with E-state index in [2.05, 4.69) is 0 Å². The van der Waals surface area contributed by atoms with Gasteiger partial charge in [-0.05, 0) is 17.5 Å². The van der Waals surface area contributed by atoms with Crippen LogP contribution < -0.4 is 10.2 Å². The first-order valence-corrected chi connectivity index (χ1v) is 5.39. The van der Waals surface area contributed by atoms with Gasteiger partial charge in [0, 0.05) is 16.0 Å². The summed E-state index contributed by atoms with van der Waals surface area (Å²) < 4.78 is 5.24. The number of benzene rings is 1. The lowest BCUT2D eigenvalue weighted by molar-refractivity contribution is 0.391. The van der Waals surface area contributed by atoms with Crippen molar-refractivity contribution in [2.24, 2.45) is 0 Å². The molecular weight excluding hydrogens is 226 g/mol. The Balaban J connectivity index is 3.49. The summed E-state index contributed by atoms with van der Waals surface area (Å²) in [5.41, 5.74) is 0.963. The first-order valence-electron chi connectivity index (χ1n) is 5.01. The fourth-order valence-corrected chi connectivity index (χ4v) is 1.82. The van der Waals surface area contributed by atoms with E-state index in [1.165, 1.54) is 13.2 Å². The van der Waals surface area contributed by atoms with E-state index in [4.69, 9.17) is 16.3 Å². The lowest BCUT2D eigenvalue weighted by atomic mass is 9.75. The Labute approximate surface area is 101 Å². The van der Waals surface area contributed by atoms with Gasteiger partial charge in [-0.1, -0.05) is 32.4 Å². The molecule has 2 N–H and O–H groups in total. The molecule has 88 valence electrons. The van der Waals surface area contributed by atoms with Crippen LogP contribution in [-0.4, -0.2) is 24.3 Å². The second-order valence-electron chi connectivity index (χ2n) is 4.70. The maximum absolute atomic E-state index is 9.27. The number of hydrogen-bond donors (Lipinski definition) is 2. The molecule has 0 spiro atoms. The van der Waals surface area contributed by atoms with Gasteiger partial charge in [-0.2, -0.15) is 0 Å². The first kappa shape index (κ1) is 13.4. The fraction of sp³-hybridized carbons (Fsp3) is 0.455. The fourth-order valence-electron chi connectivity index (χ4n) is 1.59. The van der Waals surface area contributed by atoms with Crippen LogP contribution >= 0.6 is 11.6 Å². The van der Waals surface area contributed by atoms with Gasteiger partial charge in [0.05, 0.1) is 7.11 Å². The molecule has 0 aromatic heterocycles. The van der Waals surface area contributed by atoms with Crippen LogP contribution in [0.25, 0.3) is 0 Å². The van der Waals surface area contributed by atoms with Gasteiger partial charge in [0.15, 0.2) is 0 Å². The molecule has 1 aromatic carbocycles. The molecule has 0 saturated carbocycles. The Hall–Kier alpha value is -0.705. The van der Waals surface area contributed by atoms with Gasteiger partial charge in [-0.15, -0.1) is 0 Å². The standard InChI is InChI=1S/C11H16BClO3/c1-11(2,3)8-5-7(13)6-9(12(14)15)10(8)16-4/h5-6,14-15H,1-4H3. The largest absolute Gasteiger partial charge is 0.497 e. The minimum Gasteiger partial charge on any atom is -0.497 e. The molecule has 0 aliphatic rings. The van der Waals surface area contributed by atoms with Crippen molar-refractivity contribution in [3.8, 4) is 5.75 Å². The van der Waals surface area contributed by atoms with E-state index in [9.17, 15) is 10.0 Å². The molecule has 0 amide bonds. The van der Waals surface area contributed by atoms with Crippen molar-refractivity contribution in [1.82, 2.24) is 0 Å². The molecule has 0 heterocycles. The Kier molecular flexibility index (Phi) is 3.89. The van der Waals surface area contributed by atoms with Gasteiger partial charge in [0.25, 0.3) is 0 Å². The number of methoxy groups -OCH3 is 1. The van der Waals surface area contributed by atoms with E-state index in [0.717, 1.165) is 5.56 Å². The summed E-state index contributed by atoms with van der Waals surface area (Å²) in [6, 6.07) is 3.28. The zero-order chi connectivity index (χ0) is 12.5. The van der Waals surface area contributed by atoms with E-state index in [-0.39, 0.29) is 5.41 Å². The van der Waals surface area contributed by atoms with E-state index < -0.39 is 7.12 Å². The van der Waals surface area contributed by atoms with Crippen LogP contribution in [0.2, 0.25) is 5.02 Å². The third-order valence-electron chi connectivity index (χ3n) is 2.37. The van der Waals surface area contributed by atoms with Gasteiger partial charge in [0.1, 0.15) is 5.75 Å². The van der Waals surface area contributed by atoms with Crippen molar-refractivity contribution in [2.45, 2.75) is 26.2 Å². The molecule has 0 atom stereocenters. The van der Waals surface area contributed by atoms with Crippen LogP contribution in [0.3, 0.4) is 0 Å². The number of hydrogen-bond acceptors (Lipinski definition) is 3. The van der Waals surface area contributed by atoms with Gasteiger partial charge < -0.3 is 14.8 Å². The van der Waals surface area contributed by atoms with Gasteiger partial charge >= 0.3 is 7.12 Å². The Morgan fingerprint density at radius 3 is 2.19 bits per heavy atom. The molecule has 0 unspecified atom stereocenters. The zero-order valence-electron chi connectivity index (χ0n) is 9.91. The van der Waals surface area contributed by atoms with Crippen molar-refractivity contribution in [2.75, 3.05) is 7.11 Å². The SMILES string of the molecule is COc1c(B(O)O)cc(Cl)cc1C(C)(C)C. The quantitative estimate of drug-likeness (QED) is 0.769. The van der Waals surface area contributed by atoms with Crippen molar-refractivity contribution in [1.29, 1.82) is 0 Å². The molecule has 0 aliphatic carbocycles. The van der Waals surface area contributed by atoms with Crippen LogP contribution in [0.5, 0.6) is 5.75 Å². The minimum absolute atomic E-state index is 0.181. The minimum atomic E-state index is -1.59. The molecule has 0 saturated heterocycles. The molecule has 0 radical (unpaired) electrons. The Morgan fingerprint density at radius 1 is 1.25 bits per heavy atom. The summed E-state index contributed by atoms with van der Waals surface area (Å²) >= 11 is 5.95. The summed E-state index contributed by atoms with van der Waals surface area (Å²) in [5, 5.41) is 19.0. The molecule has 1 aromatic rings. The molecule has 0 aliphatic heterocycles. The van der Waals surface area contributed by atoms with Crippen molar-refractivity contribution in [3.05, 3.63) is 22.7 Å². The summed E-state index contributed by atoms with van der Waals surface area (Å²) in [6.07, 6.45) is 0. The molecule has 0 fully saturated rings. The molecule has 3 nitrogen and oxygen atoms in total. The normalized spacial score (nSPS) is 11.4. The van der Waals surface area contributed by atoms with E-state index in [0.29, 0.717) is 16.2 Å². The summed E-state index contributed by atoms with van der Waals surface area (Å²) in [6.45, 7) is 6.03. The molecule has 16 heavy (non-hydrogen) atoms. The van der Waals surface area contributed by atoms with E-state index in [1.54, 1.807) is 6.07 Å². The van der Waals surface area contributed by atoms with Crippen LogP contribution in [0.15, 0.2) is 12.1 Å². The second kappa shape index (κ2) is 4.66. The van der Waals surface area contributed by atoms with Crippen molar-refractivity contribution < 1.29 is 14.8 Å². The third kappa shape index (κ3) is 2.70. The number of halogens is 1. The highest BCUT2D eigenvalue weighted by Crippen LogP contribution is 2.32. The first-order chi connectivity index (χ1) is 7.27. The van der Waals surface area contributed by atoms with Crippen LogP contribution in [-0.2, 0) is 5.41 Å². The van der Waals surface area contributed by atoms with Crippen LogP contribution in [0, 0.1) is 0 Å². The summed E-state index contributed by atoms with van der Waals surface area (Å²) in [7, 11) is -0.0839. The molecule has 1 rings (SSSR count). The Bertz CT molecular complexity index is 386. The average molecular weight is 243 g/mol. The maximum atomic E-state index is 9.27. The van der Waals surface area contributed by atoms with E-state index >= 15 is 0 Å². The van der Waals surface area contributed by atoms with Crippen LogP contribution in [0.1, 0.15) is 26.3 Å². The van der Waals surface area contributed by atoms with Crippen molar-refractivity contribution in [3.63, 3.8) is 0 Å². The van der Waals surface area contributed by atoms with Crippen molar-refractivity contribution >= 4 is 24.2 Å². The van der Waals surface area contributed by atoms with Gasteiger partial charge in [-0.3, -0.25) is 0 Å². The number of rotatable bonds is 2. The average Bonchev–Trinajstić information content (AvgIpc) is 2.14. The predicted octanol–water partition coefficient (Wildman–Crippen LogP) is 1.33. The molecule has 5 heteroatoms. The summed E-state index contributed by atoms with van der Waals surface area (Å²) in [4.78, 5) is 0. The number of ether oxygens (including phenoxy) is 1. The monoisotopic (exact) mass is 242 g/mol. The highest BCUT2D eigenvalue weighted by atomic mass is 35.5. The Morgan fingerprint density at radius 2 is 1.81 bits per heavy atom. The molecular formula is C11H16BClO3. The van der Waals surface area contributed by atoms with E-state index in [1.807, 2.05) is 20.8 Å². The lowest BCUT2D eigenvalue weighted by Gasteiger charge is -2.24. The third-order valence-corrected chi connectivity index (χ3v) is 2.59. The highest BCUT2D eigenvalue weighted by Gasteiger charge is 2.26. The topological polar surface area (TPSA) is 49.7 Å². The zero-order valence-corrected chi connectivity index (χ0v) is 10.7. The smallest absolute Gasteiger partial charge is 0.492 e. The van der Waals surface area contributed by atoms with Gasteiger partial charge in [-0.25, -0.2) is 0 Å². The van der Waals surface area contributed by atoms with Crippen LogP contribution in [0.4, 0.5) is 0 Å². The molecule has 0 bridgehead atoms.